The Kier molecular flexibility index (Phi) is 6.92. The highest BCUT2D eigenvalue weighted by Gasteiger charge is 2.28. The number of ether oxygens (including phenoxy) is 1. The number of hydrogen-bond acceptors (Lipinski definition) is 4. The first kappa shape index (κ1) is 17.8. The van der Waals surface area contributed by atoms with Crippen LogP contribution in [0.1, 0.15) is 18.4 Å². The lowest BCUT2D eigenvalue weighted by Gasteiger charge is -2.36. The Labute approximate surface area is 142 Å². The molecule has 1 aliphatic rings. The summed E-state index contributed by atoms with van der Waals surface area (Å²) in [5, 5.41) is 0. The van der Waals surface area contributed by atoms with Crippen LogP contribution in [0.25, 0.3) is 0 Å². The zero-order chi connectivity index (χ0) is 16.7. The first-order chi connectivity index (χ1) is 11.1. The zero-order valence-electron chi connectivity index (χ0n) is 13.9. The number of carbonyl (C=O) groups is 1. The van der Waals surface area contributed by atoms with E-state index in [0.717, 1.165) is 37.2 Å². The van der Waals surface area contributed by atoms with E-state index in [0.29, 0.717) is 30.4 Å². The van der Waals surface area contributed by atoms with Crippen molar-refractivity contribution in [1.29, 1.82) is 0 Å². The largest absolute Gasteiger partial charge is 0.497 e. The predicted molar refractivity (Wildman–Crippen MR) is 91.8 cm³/mol. The fraction of sp³-hybridized carbons (Fsp3) is 0.588. The summed E-state index contributed by atoms with van der Waals surface area (Å²) in [6.07, 6.45) is 2.34. The summed E-state index contributed by atoms with van der Waals surface area (Å²) in [5.41, 5.74) is 0.975. The first-order valence-corrected chi connectivity index (χ1v) is 8.91. The molecule has 1 aromatic carbocycles. The highest BCUT2D eigenvalue weighted by atomic mass is 32.1. The number of carbonyl (C=O) groups excluding carboxylic acids is 1. The molecule has 23 heavy (non-hydrogen) atoms. The van der Waals surface area contributed by atoms with Crippen molar-refractivity contribution in [2.24, 2.45) is 0 Å². The smallest absolute Gasteiger partial charge is 0.460 e. The Morgan fingerprint density at radius 3 is 2.52 bits per heavy atom. The van der Waals surface area contributed by atoms with Crippen molar-refractivity contribution in [3.05, 3.63) is 29.8 Å². The molecule has 2 rings (SSSR count). The molecule has 6 heteroatoms. The highest BCUT2D eigenvalue weighted by Crippen LogP contribution is 2.18. The van der Waals surface area contributed by atoms with Gasteiger partial charge in [-0.15, -0.1) is 0 Å². The minimum atomic E-state index is 0.110. The summed E-state index contributed by atoms with van der Waals surface area (Å²) in [5.74, 6) is 1.34. The Balaban J connectivity index is 2.01. The van der Waals surface area contributed by atoms with Crippen molar-refractivity contribution in [3.8, 4) is 5.75 Å². The van der Waals surface area contributed by atoms with E-state index in [-0.39, 0.29) is 11.9 Å². The van der Waals surface area contributed by atoms with E-state index in [1.54, 1.807) is 7.11 Å². The van der Waals surface area contributed by atoms with Gasteiger partial charge in [0.2, 0.25) is 11.7 Å². The quantitative estimate of drug-likeness (QED) is 0.709. The molecule has 0 aliphatic carbocycles. The van der Waals surface area contributed by atoms with Crippen LogP contribution in [0.5, 0.6) is 5.75 Å². The van der Waals surface area contributed by atoms with Gasteiger partial charge >= 0.3 is 11.7 Å². The van der Waals surface area contributed by atoms with Gasteiger partial charge in [-0.3, -0.25) is 4.79 Å². The average molecular weight is 337 g/mol. The first-order valence-electron chi connectivity index (χ1n) is 7.99. The van der Waals surface area contributed by atoms with E-state index >= 15 is 0 Å². The van der Waals surface area contributed by atoms with Crippen LogP contribution < -0.4 is 4.74 Å². The van der Waals surface area contributed by atoms with Crippen molar-refractivity contribution in [2.45, 2.75) is 25.3 Å². The third-order valence-electron chi connectivity index (χ3n) is 4.38. The average Bonchev–Trinajstić information content (AvgIpc) is 2.57. The van der Waals surface area contributed by atoms with Crippen LogP contribution in [-0.4, -0.2) is 61.3 Å². The fourth-order valence-electron chi connectivity index (χ4n) is 2.97. The summed E-state index contributed by atoms with van der Waals surface area (Å²) in [6.45, 7) is 2.54. The number of amides is 1. The molecule has 0 N–H and O–H groups in total. The van der Waals surface area contributed by atoms with Gasteiger partial charge in [-0.25, -0.2) is 0 Å². The van der Waals surface area contributed by atoms with Crippen LogP contribution in [0.15, 0.2) is 24.3 Å². The minimum Gasteiger partial charge on any atom is -0.497 e. The van der Waals surface area contributed by atoms with E-state index in [1.165, 1.54) is 0 Å². The van der Waals surface area contributed by atoms with Gasteiger partial charge < -0.3 is 14.5 Å². The number of hydrogen-bond donors (Lipinski definition) is 0. The predicted octanol–water partition coefficient (Wildman–Crippen LogP) is 1.59. The zero-order valence-corrected chi connectivity index (χ0v) is 14.7. The van der Waals surface area contributed by atoms with Crippen LogP contribution in [0.4, 0.5) is 0 Å². The molecule has 1 fully saturated rings. The second kappa shape index (κ2) is 8.93. The maximum atomic E-state index is 12.7. The van der Waals surface area contributed by atoms with Gasteiger partial charge in [0, 0.05) is 10.3 Å². The summed E-state index contributed by atoms with van der Waals surface area (Å²) >= 11 is 0.552. The van der Waals surface area contributed by atoms with Crippen molar-refractivity contribution in [1.82, 2.24) is 9.80 Å². The molecule has 0 atom stereocenters. The number of likely N-dealkylation sites (tertiary alicyclic amines) is 1. The second-order valence-electron chi connectivity index (χ2n) is 5.97. The van der Waals surface area contributed by atoms with Gasteiger partial charge in [0.15, 0.2) is 0 Å². The second-order valence-corrected chi connectivity index (χ2v) is 6.61. The molecule has 1 saturated heterocycles. The summed E-state index contributed by atoms with van der Waals surface area (Å²) in [4.78, 5) is 16.9. The normalized spacial score (nSPS) is 16.1. The summed E-state index contributed by atoms with van der Waals surface area (Å²) in [7, 11) is 3.73. The van der Waals surface area contributed by atoms with Gasteiger partial charge in [0.1, 0.15) is 5.75 Å². The topological polar surface area (TPSA) is 49.9 Å². The van der Waals surface area contributed by atoms with Gasteiger partial charge in [-0.05, 0) is 50.7 Å². The van der Waals surface area contributed by atoms with E-state index in [1.807, 2.05) is 29.2 Å². The molecule has 0 saturated carbocycles. The molecule has 5 nitrogen and oxygen atoms in total. The van der Waals surface area contributed by atoms with Crippen molar-refractivity contribution in [3.63, 3.8) is 0 Å². The molecule has 0 bridgehead atoms. The number of methoxy groups -OCH3 is 1. The lowest BCUT2D eigenvalue weighted by Crippen LogP contribution is -2.48. The van der Waals surface area contributed by atoms with Gasteiger partial charge in [0.25, 0.3) is 0 Å². The van der Waals surface area contributed by atoms with Crippen LogP contribution in [0.2, 0.25) is 0 Å². The SMILES string of the molecule is COc1ccc(CC(=O)N(CC[S+]=O)C2CCN(C)CC2)cc1. The molecular weight excluding hydrogens is 312 g/mol. The third kappa shape index (κ3) is 5.25. The fourth-order valence-corrected chi connectivity index (χ4v) is 3.24. The molecule has 126 valence electrons. The number of rotatable bonds is 7. The highest BCUT2D eigenvalue weighted by molar-refractivity contribution is 7.65. The maximum absolute atomic E-state index is 12.7. The van der Waals surface area contributed by atoms with Gasteiger partial charge in [-0.1, -0.05) is 12.1 Å². The van der Waals surface area contributed by atoms with Crippen LogP contribution in [0, 0.1) is 0 Å². The minimum absolute atomic E-state index is 0.110. The van der Waals surface area contributed by atoms with Crippen LogP contribution in [-0.2, 0) is 27.1 Å². The van der Waals surface area contributed by atoms with Crippen molar-refractivity contribution in [2.75, 3.05) is 39.5 Å². The summed E-state index contributed by atoms with van der Waals surface area (Å²) < 4.78 is 15.9. The molecule has 0 spiro atoms. The van der Waals surface area contributed by atoms with Crippen LogP contribution >= 0.6 is 0 Å². The lowest BCUT2D eigenvalue weighted by atomic mass is 10.0. The van der Waals surface area contributed by atoms with Crippen molar-refractivity contribution < 1.29 is 13.7 Å². The number of piperidine rings is 1. The van der Waals surface area contributed by atoms with E-state index in [9.17, 15) is 9.00 Å². The van der Waals surface area contributed by atoms with E-state index in [2.05, 4.69) is 11.9 Å². The maximum Gasteiger partial charge on any atom is 0.460 e. The van der Waals surface area contributed by atoms with Gasteiger partial charge in [0.05, 0.1) is 20.1 Å². The van der Waals surface area contributed by atoms with E-state index in [4.69, 9.17) is 4.74 Å². The third-order valence-corrected chi connectivity index (χ3v) is 4.73. The monoisotopic (exact) mass is 337 g/mol. The lowest BCUT2D eigenvalue weighted by molar-refractivity contribution is -0.133. The molecule has 0 aromatic heterocycles. The number of benzene rings is 1. The molecule has 0 radical (unpaired) electrons. The number of nitrogens with zero attached hydrogens (tertiary/aromatic N) is 2. The van der Waals surface area contributed by atoms with Crippen molar-refractivity contribution >= 4 is 17.6 Å². The van der Waals surface area contributed by atoms with Crippen LogP contribution in [0.3, 0.4) is 0 Å². The Bertz CT molecular complexity index is 513. The summed E-state index contributed by atoms with van der Waals surface area (Å²) in [6, 6.07) is 7.84. The Hall–Kier alpha value is -1.53. The molecular formula is C17H25N2O3S+. The molecule has 0 unspecified atom stereocenters. The standard InChI is InChI=1S/C17H25N2O3S/c1-18-9-7-15(8-10-18)19(11-12-23-21)17(20)13-14-3-5-16(22-2)6-4-14/h3-6,15H,7-13H2,1-2H3/q+1. The molecule has 1 aliphatic heterocycles. The Morgan fingerprint density at radius 2 is 1.96 bits per heavy atom. The molecule has 1 aromatic rings. The van der Waals surface area contributed by atoms with Gasteiger partial charge in [-0.2, -0.15) is 0 Å². The van der Waals surface area contributed by atoms with E-state index < -0.39 is 0 Å². The molecule has 1 amide bonds. The molecule has 1 heterocycles. The Morgan fingerprint density at radius 1 is 1.30 bits per heavy atom.